The van der Waals surface area contributed by atoms with E-state index in [1.807, 2.05) is 31.2 Å². The Bertz CT molecular complexity index is 738. The Labute approximate surface area is 150 Å². The summed E-state index contributed by atoms with van der Waals surface area (Å²) in [5.41, 5.74) is 0.693. The van der Waals surface area contributed by atoms with Crippen molar-refractivity contribution >= 4 is 35.0 Å². The number of carbonyl (C=O) groups is 1. The number of benzene rings is 2. The first-order valence-corrected chi connectivity index (χ1v) is 9.00. The maximum Gasteiger partial charge on any atom is 0.237 e. The molecular formula is C18H18ClNO3S. The zero-order valence-corrected chi connectivity index (χ0v) is 14.8. The Morgan fingerprint density at radius 2 is 1.96 bits per heavy atom. The average Bonchev–Trinajstić information content (AvgIpc) is 2.79. The first kappa shape index (κ1) is 17.0. The van der Waals surface area contributed by atoms with Gasteiger partial charge in [0.25, 0.3) is 0 Å². The molecule has 24 heavy (non-hydrogen) atoms. The maximum atomic E-state index is 12.3. The van der Waals surface area contributed by atoms with Crippen molar-refractivity contribution in [1.29, 1.82) is 0 Å². The van der Waals surface area contributed by atoms with Crippen LogP contribution in [-0.4, -0.2) is 24.4 Å². The Kier molecular flexibility index (Phi) is 5.53. The number of fused-ring (bicyclic) bond motifs is 1. The second kappa shape index (κ2) is 7.81. The van der Waals surface area contributed by atoms with Gasteiger partial charge in [0.05, 0.1) is 18.5 Å². The molecule has 2 aromatic rings. The molecule has 1 aliphatic heterocycles. The lowest BCUT2D eigenvalue weighted by Crippen LogP contribution is -2.22. The molecule has 0 saturated carbocycles. The molecule has 126 valence electrons. The highest BCUT2D eigenvalue weighted by atomic mass is 35.5. The third-order valence-electron chi connectivity index (χ3n) is 3.49. The Balaban J connectivity index is 1.64. The van der Waals surface area contributed by atoms with Crippen LogP contribution >= 0.6 is 23.4 Å². The van der Waals surface area contributed by atoms with Crippen LogP contribution in [0.5, 0.6) is 11.5 Å². The van der Waals surface area contributed by atoms with Crippen molar-refractivity contribution in [1.82, 2.24) is 0 Å². The molecule has 1 unspecified atom stereocenters. The molecular weight excluding hydrogens is 346 g/mol. The topological polar surface area (TPSA) is 47.6 Å². The van der Waals surface area contributed by atoms with Crippen molar-refractivity contribution in [2.75, 3.05) is 18.5 Å². The summed E-state index contributed by atoms with van der Waals surface area (Å²) in [7, 11) is 0. The fourth-order valence-electron chi connectivity index (χ4n) is 2.28. The van der Waals surface area contributed by atoms with Crippen molar-refractivity contribution in [2.45, 2.75) is 23.5 Å². The number of ether oxygens (including phenoxy) is 2. The van der Waals surface area contributed by atoms with Crippen molar-refractivity contribution in [3.05, 3.63) is 47.5 Å². The molecule has 0 fully saturated rings. The summed E-state index contributed by atoms with van der Waals surface area (Å²) in [4.78, 5) is 13.3. The van der Waals surface area contributed by atoms with Gasteiger partial charge >= 0.3 is 0 Å². The number of hydrogen-bond donors (Lipinski definition) is 1. The van der Waals surface area contributed by atoms with Gasteiger partial charge in [-0.05, 0) is 43.3 Å². The van der Waals surface area contributed by atoms with E-state index < -0.39 is 0 Å². The molecule has 4 nitrogen and oxygen atoms in total. The van der Waals surface area contributed by atoms with E-state index in [4.69, 9.17) is 21.1 Å². The van der Waals surface area contributed by atoms with Gasteiger partial charge in [0.1, 0.15) is 0 Å². The molecule has 0 aromatic heterocycles. The molecule has 2 aromatic carbocycles. The van der Waals surface area contributed by atoms with Crippen LogP contribution in [0.3, 0.4) is 0 Å². The number of halogens is 1. The van der Waals surface area contributed by atoms with E-state index in [-0.39, 0.29) is 11.2 Å². The highest BCUT2D eigenvalue weighted by Crippen LogP contribution is 2.35. The minimum atomic E-state index is -0.256. The summed E-state index contributed by atoms with van der Waals surface area (Å²) in [5.74, 6) is 1.42. The van der Waals surface area contributed by atoms with Crippen LogP contribution in [0.1, 0.15) is 13.3 Å². The van der Waals surface area contributed by atoms with E-state index in [2.05, 4.69) is 5.32 Å². The van der Waals surface area contributed by atoms with Gasteiger partial charge in [0.15, 0.2) is 11.5 Å². The van der Waals surface area contributed by atoms with Gasteiger partial charge in [-0.25, -0.2) is 0 Å². The summed E-state index contributed by atoms with van der Waals surface area (Å²) in [6.07, 6.45) is 0.871. The molecule has 1 aliphatic rings. The van der Waals surface area contributed by atoms with Crippen LogP contribution in [-0.2, 0) is 4.79 Å². The fraction of sp³-hybridized carbons (Fsp3) is 0.278. The first-order chi connectivity index (χ1) is 11.6. The van der Waals surface area contributed by atoms with Gasteiger partial charge in [-0.2, -0.15) is 0 Å². The summed E-state index contributed by atoms with van der Waals surface area (Å²) in [6.45, 7) is 3.18. The highest BCUT2D eigenvalue weighted by molar-refractivity contribution is 8.00. The van der Waals surface area contributed by atoms with E-state index in [0.29, 0.717) is 23.9 Å². The minimum Gasteiger partial charge on any atom is -0.490 e. The molecule has 0 bridgehead atoms. The van der Waals surface area contributed by atoms with Crippen molar-refractivity contribution in [3.63, 3.8) is 0 Å². The molecule has 0 spiro atoms. The number of anilines is 1. The van der Waals surface area contributed by atoms with Crippen LogP contribution in [0.15, 0.2) is 47.4 Å². The third kappa shape index (κ3) is 4.36. The molecule has 6 heteroatoms. The van der Waals surface area contributed by atoms with Crippen molar-refractivity contribution in [3.8, 4) is 11.5 Å². The lowest BCUT2D eigenvalue weighted by molar-refractivity contribution is -0.115. The zero-order valence-electron chi connectivity index (χ0n) is 13.3. The van der Waals surface area contributed by atoms with Crippen LogP contribution in [0.4, 0.5) is 5.69 Å². The minimum absolute atomic E-state index is 0.0747. The molecule has 1 amide bonds. The van der Waals surface area contributed by atoms with Crippen LogP contribution < -0.4 is 14.8 Å². The summed E-state index contributed by atoms with van der Waals surface area (Å²) >= 11 is 7.41. The van der Waals surface area contributed by atoms with E-state index in [9.17, 15) is 4.79 Å². The zero-order chi connectivity index (χ0) is 16.9. The van der Waals surface area contributed by atoms with E-state index in [1.165, 1.54) is 11.8 Å². The van der Waals surface area contributed by atoms with Gasteiger partial charge in [0.2, 0.25) is 5.91 Å². The predicted octanol–water partition coefficient (Wildman–Crippen LogP) is 4.62. The van der Waals surface area contributed by atoms with Crippen molar-refractivity contribution < 1.29 is 14.3 Å². The molecule has 0 radical (unpaired) electrons. The second-order valence-electron chi connectivity index (χ2n) is 5.42. The monoisotopic (exact) mass is 363 g/mol. The number of rotatable bonds is 4. The largest absolute Gasteiger partial charge is 0.490 e. The molecule has 3 rings (SSSR count). The van der Waals surface area contributed by atoms with Gasteiger partial charge in [-0.1, -0.05) is 17.7 Å². The second-order valence-corrected chi connectivity index (χ2v) is 7.27. The van der Waals surface area contributed by atoms with Gasteiger partial charge < -0.3 is 14.8 Å². The number of amides is 1. The lowest BCUT2D eigenvalue weighted by atomic mass is 10.3. The van der Waals surface area contributed by atoms with E-state index >= 15 is 0 Å². The average molecular weight is 364 g/mol. The van der Waals surface area contributed by atoms with Crippen LogP contribution in [0.2, 0.25) is 5.02 Å². The molecule has 0 saturated heterocycles. The maximum absolute atomic E-state index is 12.3. The highest BCUT2D eigenvalue weighted by Gasteiger charge is 2.17. The number of nitrogens with one attached hydrogen (secondary N) is 1. The normalized spacial score (nSPS) is 14.6. The summed E-state index contributed by atoms with van der Waals surface area (Å²) < 4.78 is 11.3. The number of thioether (sulfide) groups is 1. The van der Waals surface area contributed by atoms with Crippen molar-refractivity contribution in [2.24, 2.45) is 0 Å². The Hall–Kier alpha value is -1.85. The smallest absolute Gasteiger partial charge is 0.237 e. The van der Waals surface area contributed by atoms with Gasteiger partial charge in [-0.15, -0.1) is 11.8 Å². The fourth-order valence-corrected chi connectivity index (χ4v) is 3.37. The SMILES string of the molecule is CC(Sc1ccc2c(c1)OCCCO2)C(=O)Nc1cccc(Cl)c1. The van der Waals surface area contributed by atoms with Crippen LogP contribution in [0.25, 0.3) is 0 Å². The molecule has 0 aliphatic carbocycles. The molecule has 1 heterocycles. The third-order valence-corrected chi connectivity index (χ3v) is 4.82. The number of hydrogen-bond acceptors (Lipinski definition) is 4. The summed E-state index contributed by atoms with van der Waals surface area (Å²) in [5, 5.41) is 3.21. The number of carbonyl (C=O) groups excluding carboxylic acids is 1. The Morgan fingerprint density at radius 3 is 2.75 bits per heavy atom. The predicted molar refractivity (Wildman–Crippen MR) is 97.4 cm³/mol. The van der Waals surface area contributed by atoms with Gasteiger partial charge in [0, 0.05) is 22.0 Å². The summed E-state index contributed by atoms with van der Waals surface area (Å²) in [6, 6.07) is 12.9. The standard InChI is InChI=1S/C18H18ClNO3S/c1-12(18(21)20-14-5-2-4-13(19)10-14)24-15-6-7-16-17(11-15)23-9-3-8-22-16/h2,4-7,10-12H,3,8-9H2,1H3,(H,20,21). The van der Waals surface area contributed by atoms with E-state index in [0.717, 1.165) is 22.8 Å². The molecule has 1 atom stereocenters. The Morgan fingerprint density at radius 1 is 1.17 bits per heavy atom. The quantitative estimate of drug-likeness (QED) is 0.805. The molecule has 1 N–H and O–H groups in total. The lowest BCUT2D eigenvalue weighted by Gasteiger charge is -2.14. The van der Waals surface area contributed by atoms with E-state index in [1.54, 1.807) is 18.2 Å². The van der Waals surface area contributed by atoms with Gasteiger partial charge in [-0.3, -0.25) is 4.79 Å². The van der Waals surface area contributed by atoms with Crippen LogP contribution in [0, 0.1) is 0 Å². The first-order valence-electron chi connectivity index (χ1n) is 7.74.